The van der Waals surface area contributed by atoms with E-state index in [9.17, 15) is 0 Å². The highest BCUT2D eigenvalue weighted by Gasteiger charge is 2.24. The molecule has 0 spiro atoms. The molecule has 0 aromatic rings. The van der Waals surface area contributed by atoms with Crippen molar-refractivity contribution in [3.8, 4) is 0 Å². The first kappa shape index (κ1) is 11.3. The van der Waals surface area contributed by atoms with Gasteiger partial charge in [0, 0.05) is 19.1 Å². The predicted octanol–water partition coefficient (Wildman–Crippen LogP) is 1.40. The molecule has 1 saturated carbocycles. The lowest BCUT2D eigenvalue weighted by molar-refractivity contribution is 0.0906. The van der Waals surface area contributed by atoms with Crippen LogP contribution < -0.4 is 0 Å². The summed E-state index contributed by atoms with van der Waals surface area (Å²) >= 11 is 4.28. The Balaban J connectivity index is 2.28. The highest BCUT2D eigenvalue weighted by atomic mass is 32.1. The Bertz CT molecular complexity index is 139. The number of aliphatic hydroxyl groups excluding tert-OH is 1. The molecule has 0 aliphatic heterocycles. The summed E-state index contributed by atoms with van der Waals surface area (Å²) in [6, 6.07) is 0.745. The fourth-order valence-electron chi connectivity index (χ4n) is 1.76. The van der Waals surface area contributed by atoms with Crippen LogP contribution in [0.5, 0.6) is 0 Å². The van der Waals surface area contributed by atoms with Crippen LogP contribution in [0, 0.1) is 5.92 Å². The molecule has 1 aliphatic carbocycles. The molecule has 0 radical (unpaired) electrons. The molecule has 0 aromatic heterocycles. The molecule has 1 rings (SSSR count). The molecule has 1 fully saturated rings. The quantitative estimate of drug-likeness (QED) is 0.638. The van der Waals surface area contributed by atoms with Gasteiger partial charge in [0.2, 0.25) is 0 Å². The Labute approximate surface area is 86.7 Å². The SMILES string of the molecule is CC(CS)CN(CCO)C1CCC1. The molecule has 1 aliphatic rings. The highest BCUT2D eigenvalue weighted by Crippen LogP contribution is 2.25. The van der Waals surface area contributed by atoms with Crippen molar-refractivity contribution < 1.29 is 5.11 Å². The van der Waals surface area contributed by atoms with Crippen LogP contribution in [0.1, 0.15) is 26.2 Å². The van der Waals surface area contributed by atoms with Gasteiger partial charge in [-0.05, 0) is 24.5 Å². The Morgan fingerprint density at radius 2 is 2.23 bits per heavy atom. The standard InChI is InChI=1S/C10H21NOS/c1-9(8-13)7-11(5-6-12)10-3-2-4-10/h9-10,12-13H,2-8H2,1H3. The van der Waals surface area contributed by atoms with Crippen molar-refractivity contribution in [1.29, 1.82) is 0 Å². The molecular weight excluding hydrogens is 182 g/mol. The van der Waals surface area contributed by atoms with Gasteiger partial charge in [0.1, 0.15) is 0 Å². The number of nitrogens with zero attached hydrogens (tertiary/aromatic N) is 1. The summed E-state index contributed by atoms with van der Waals surface area (Å²) in [5.74, 6) is 1.57. The molecular formula is C10H21NOS. The highest BCUT2D eigenvalue weighted by molar-refractivity contribution is 7.80. The van der Waals surface area contributed by atoms with E-state index in [1.54, 1.807) is 0 Å². The average molecular weight is 203 g/mol. The first-order valence-electron chi connectivity index (χ1n) is 5.23. The summed E-state index contributed by atoms with van der Waals surface area (Å²) in [6.45, 7) is 4.43. The van der Waals surface area contributed by atoms with Gasteiger partial charge < -0.3 is 5.11 Å². The van der Waals surface area contributed by atoms with Crippen molar-refractivity contribution in [3.63, 3.8) is 0 Å². The Morgan fingerprint density at radius 3 is 2.62 bits per heavy atom. The maximum Gasteiger partial charge on any atom is 0.0558 e. The maximum atomic E-state index is 8.93. The number of aliphatic hydroxyl groups is 1. The van der Waals surface area contributed by atoms with E-state index in [1.165, 1.54) is 19.3 Å². The summed E-state index contributed by atoms with van der Waals surface area (Å²) in [7, 11) is 0. The molecule has 1 unspecified atom stereocenters. The summed E-state index contributed by atoms with van der Waals surface area (Å²) in [4.78, 5) is 2.42. The molecule has 13 heavy (non-hydrogen) atoms. The van der Waals surface area contributed by atoms with Gasteiger partial charge in [-0.25, -0.2) is 0 Å². The second-order valence-electron chi connectivity index (χ2n) is 4.09. The summed E-state index contributed by atoms with van der Waals surface area (Å²) in [6.07, 6.45) is 4.00. The third-order valence-corrected chi connectivity index (χ3v) is 3.46. The lowest BCUT2D eigenvalue weighted by Crippen LogP contribution is -2.44. The van der Waals surface area contributed by atoms with Gasteiger partial charge in [-0.3, -0.25) is 4.90 Å². The molecule has 0 bridgehead atoms. The number of rotatable bonds is 6. The Hall–Kier alpha value is 0.270. The topological polar surface area (TPSA) is 23.5 Å². The van der Waals surface area contributed by atoms with Crippen LogP contribution in [0.25, 0.3) is 0 Å². The molecule has 0 amide bonds. The van der Waals surface area contributed by atoms with Gasteiger partial charge in [0.05, 0.1) is 6.61 Å². The molecule has 78 valence electrons. The third-order valence-electron chi connectivity index (χ3n) is 2.84. The molecule has 1 N–H and O–H groups in total. The van der Waals surface area contributed by atoms with Crippen molar-refractivity contribution in [2.75, 3.05) is 25.4 Å². The summed E-state index contributed by atoms with van der Waals surface area (Å²) in [5.41, 5.74) is 0. The first-order chi connectivity index (χ1) is 6.27. The van der Waals surface area contributed by atoms with E-state index in [1.807, 2.05) is 0 Å². The molecule has 0 heterocycles. The zero-order valence-corrected chi connectivity index (χ0v) is 9.34. The van der Waals surface area contributed by atoms with Crippen LogP contribution in [0.3, 0.4) is 0 Å². The van der Waals surface area contributed by atoms with Gasteiger partial charge in [0.15, 0.2) is 0 Å². The molecule has 2 nitrogen and oxygen atoms in total. The van der Waals surface area contributed by atoms with Crippen molar-refractivity contribution in [3.05, 3.63) is 0 Å². The van der Waals surface area contributed by atoms with E-state index in [2.05, 4.69) is 24.5 Å². The van der Waals surface area contributed by atoms with Crippen LogP contribution in [-0.2, 0) is 0 Å². The van der Waals surface area contributed by atoms with E-state index < -0.39 is 0 Å². The van der Waals surface area contributed by atoms with Crippen molar-refractivity contribution in [2.24, 2.45) is 5.92 Å². The minimum atomic E-state index is 0.287. The van der Waals surface area contributed by atoms with Gasteiger partial charge in [-0.1, -0.05) is 13.3 Å². The monoisotopic (exact) mass is 203 g/mol. The van der Waals surface area contributed by atoms with Gasteiger partial charge in [-0.2, -0.15) is 12.6 Å². The molecule has 0 saturated heterocycles. The molecule has 3 heteroatoms. The second-order valence-corrected chi connectivity index (χ2v) is 4.46. The Kier molecular flexibility index (Phi) is 5.14. The van der Waals surface area contributed by atoms with Crippen LogP contribution in [0.4, 0.5) is 0 Å². The van der Waals surface area contributed by atoms with E-state index in [0.717, 1.165) is 24.9 Å². The summed E-state index contributed by atoms with van der Waals surface area (Å²) in [5, 5.41) is 8.93. The predicted molar refractivity (Wildman–Crippen MR) is 59.3 cm³/mol. The van der Waals surface area contributed by atoms with Crippen LogP contribution in [0.15, 0.2) is 0 Å². The zero-order valence-electron chi connectivity index (χ0n) is 8.45. The largest absolute Gasteiger partial charge is 0.395 e. The fraction of sp³-hybridized carbons (Fsp3) is 1.00. The lowest BCUT2D eigenvalue weighted by Gasteiger charge is -2.38. The van der Waals surface area contributed by atoms with Crippen LogP contribution in [0.2, 0.25) is 0 Å². The molecule has 1 atom stereocenters. The van der Waals surface area contributed by atoms with E-state index in [0.29, 0.717) is 5.92 Å². The van der Waals surface area contributed by atoms with Crippen LogP contribution >= 0.6 is 12.6 Å². The van der Waals surface area contributed by atoms with Gasteiger partial charge in [0.25, 0.3) is 0 Å². The first-order valence-corrected chi connectivity index (χ1v) is 5.87. The number of hydrogen-bond acceptors (Lipinski definition) is 3. The van der Waals surface area contributed by atoms with E-state index in [4.69, 9.17) is 5.11 Å². The minimum Gasteiger partial charge on any atom is -0.395 e. The van der Waals surface area contributed by atoms with Gasteiger partial charge in [-0.15, -0.1) is 0 Å². The zero-order chi connectivity index (χ0) is 9.68. The minimum absolute atomic E-state index is 0.287. The van der Waals surface area contributed by atoms with Gasteiger partial charge >= 0.3 is 0 Å². The lowest BCUT2D eigenvalue weighted by atomic mass is 9.91. The van der Waals surface area contributed by atoms with E-state index >= 15 is 0 Å². The van der Waals surface area contributed by atoms with Crippen LogP contribution in [-0.4, -0.2) is 41.5 Å². The van der Waals surface area contributed by atoms with E-state index in [-0.39, 0.29) is 6.61 Å². The maximum absolute atomic E-state index is 8.93. The fourth-order valence-corrected chi connectivity index (χ4v) is 1.88. The smallest absolute Gasteiger partial charge is 0.0558 e. The van der Waals surface area contributed by atoms with Crippen molar-refractivity contribution >= 4 is 12.6 Å². The third kappa shape index (κ3) is 3.49. The normalized spacial score (nSPS) is 20.3. The molecule has 0 aromatic carbocycles. The van der Waals surface area contributed by atoms with Crippen molar-refractivity contribution in [1.82, 2.24) is 4.90 Å². The average Bonchev–Trinajstić information content (AvgIpc) is 2.01. The second kappa shape index (κ2) is 5.89. The Morgan fingerprint density at radius 1 is 1.54 bits per heavy atom. The van der Waals surface area contributed by atoms with Crippen molar-refractivity contribution in [2.45, 2.75) is 32.2 Å². The number of thiol groups is 1. The number of hydrogen-bond donors (Lipinski definition) is 2. The summed E-state index contributed by atoms with van der Waals surface area (Å²) < 4.78 is 0.